The summed E-state index contributed by atoms with van der Waals surface area (Å²) in [5, 5.41) is 4.07. The molecule has 2 N–H and O–H groups in total. The summed E-state index contributed by atoms with van der Waals surface area (Å²) in [6, 6.07) is 3.26. The van der Waals surface area contributed by atoms with E-state index < -0.39 is 63.7 Å². The van der Waals surface area contributed by atoms with Gasteiger partial charge in [-0.25, -0.2) is 4.39 Å². The van der Waals surface area contributed by atoms with Crippen molar-refractivity contribution in [3.8, 4) is 0 Å². The topological polar surface area (TPSA) is 58.2 Å². The number of hydrogen-bond acceptors (Lipinski definition) is 2. The molecule has 0 heterocycles. The average molecular weight is 648 g/mol. The summed E-state index contributed by atoms with van der Waals surface area (Å²) in [5.41, 5.74) is -5.34. The van der Waals surface area contributed by atoms with Gasteiger partial charge in [0.15, 0.2) is 0 Å². The Morgan fingerprint density at radius 2 is 1.59 bits per heavy atom. The lowest BCUT2D eigenvalue weighted by atomic mass is 9.95. The van der Waals surface area contributed by atoms with E-state index >= 15 is 4.39 Å². The van der Waals surface area contributed by atoms with Gasteiger partial charge in [-0.05, 0) is 61.1 Å². The van der Waals surface area contributed by atoms with Gasteiger partial charge < -0.3 is 10.6 Å². The Hall–Kier alpha value is -2.50. The predicted octanol–water partition coefficient (Wildman–Crippen LogP) is 8.75. The molecule has 4 nitrogen and oxygen atoms in total. The molecule has 1 aliphatic carbocycles. The molecule has 0 bridgehead atoms. The van der Waals surface area contributed by atoms with E-state index in [-0.39, 0.29) is 46.0 Å². The van der Waals surface area contributed by atoms with Crippen molar-refractivity contribution in [2.75, 3.05) is 6.54 Å². The first-order valence-electron chi connectivity index (χ1n) is 12.3. The van der Waals surface area contributed by atoms with Crippen molar-refractivity contribution in [3.63, 3.8) is 0 Å². The van der Waals surface area contributed by atoms with Gasteiger partial charge in [0, 0.05) is 12.1 Å². The maximum absolute atomic E-state index is 15.1. The van der Waals surface area contributed by atoms with Crippen molar-refractivity contribution in [2.45, 2.75) is 56.9 Å². The zero-order valence-corrected chi connectivity index (χ0v) is 23.8. The van der Waals surface area contributed by atoms with Gasteiger partial charge in [-0.2, -0.15) is 26.3 Å². The van der Waals surface area contributed by atoms with Crippen LogP contribution in [0.3, 0.4) is 0 Å². The maximum atomic E-state index is 15.1. The van der Waals surface area contributed by atoms with Crippen molar-refractivity contribution < 1.29 is 40.3 Å². The van der Waals surface area contributed by atoms with E-state index in [1.165, 1.54) is 0 Å². The van der Waals surface area contributed by atoms with E-state index in [1.807, 2.05) is 13.8 Å². The number of halogens is 10. The highest BCUT2D eigenvalue weighted by molar-refractivity contribution is 6.48. The van der Waals surface area contributed by atoms with Gasteiger partial charge in [-0.1, -0.05) is 54.7 Å². The van der Waals surface area contributed by atoms with Crippen LogP contribution in [-0.4, -0.2) is 30.1 Å². The lowest BCUT2D eigenvalue weighted by molar-refractivity contribution is -0.140. The third-order valence-corrected chi connectivity index (χ3v) is 7.62. The smallest absolute Gasteiger partial charge is 0.354 e. The van der Waals surface area contributed by atoms with E-state index in [9.17, 15) is 35.9 Å². The van der Waals surface area contributed by atoms with Gasteiger partial charge in [-0.15, -0.1) is 0 Å². The van der Waals surface area contributed by atoms with Crippen LogP contribution >= 0.6 is 34.8 Å². The zero-order valence-electron chi connectivity index (χ0n) is 21.5. The molecule has 2 aromatic rings. The number of amides is 2. The van der Waals surface area contributed by atoms with Crippen LogP contribution in [0, 0.1) is 5.92 Å². The molecule has 2 aromatic carbocycles. The minimum atomic E-state index is -5.18. The molecule has 0 aliphatic heterocycles. The molecule has 3 rings (SSSR count). The van der Waals surface area contributed by atoms with Crippen molar-refractivity contribution in [2.24, 2.45) is 5.92 Å². The number of allylic oxidation sites excluding steroid dienone is 1. The minimum absolute atomic E-state index is 0.0752. The number of carbonyl (C=O) groups excluding carboxylic acids is 2. The standard InChI is InChI=1S/C27H24Cl3F7N2O2/c1-13(2)5-8-38-24(41)25(6-7-25)39-23(40)16-4-3-14(9-18(16)27(35,36)37)21(31)12-17(26(32,33)34)15-10-19(28)22(30)20(29)11-15/h3-4,9-13,17H,5-8H2,1-2H3,(H,38,41)(H,39,40)/b21-12-. The molecule has 14 heteroatoms. The van der Waals surface area contributed by atoms with Gasteiger partial charge in [0.25, 0.3) is 5.91 Å². The monoisotopic (exact) mass is 646 g/mol. The summed E-state index contributed by atoms with van der Waals surface area (Å²) < 4.78 is 98.4. The summed E-state index contributed by atoms with van der Waals surface area (Å²) in [4.78, 5) is 25.4. The molecule has 0 saturated heterocycles. The molecule has 1 aliphatic rings. The van der Waals surface area contributed by atoms with Gasteiger partial charge >= 0.3 is 12.4 Å². The second-order valence-electron chi connectivity index (χ2n) is 10.1. The first-order chi connectivity index (χ1) is 18.9. The second kappa shape index (κ2) is 12.4. The Kier molecular flexibility index (Phi) is 9.97. The molecule has 224 valence electrons. The molecular formula is C27H24Cl3F7N2O2. The van der Waals surface area contributed by atoms with Gasteiger partial charge in [0.2, 0.25) is 5.91 Å². The Labute approximate surface area is 246 Å². The third-order valence-electron chi connectivity index (χ3n) is 6.42. The molecule has 1 fully saturated rings. The number of alkyl halides is 6. The quantitative estimate of drug-likeness (QED) is 0.211. The first-order valence-corrected chi connectivity index (χ1v) is 13.4. The summed E-state index contributed by atoms with van der Waals surface area (Å²) in [5.74, 6) is -5.77. The number of nitrogens with one attached hydrogen (secondary N) is 2. The fraction of sp³-hybridized carbons (Fsp3) is 0.407. The largest absolute Gasteiger partial charge is 0.417 e. The average Bonchev–Trinajstić information content (AvgIpc) is 3.64. The molecule has 0 spiro atoms. The third kappa shape index (κ3) is 8.08. The second-order valence-corrected chi connectivity index (χ2v) is 11.3. The van der Waals surface area contributed by atoms with Crippen molar-refractivity contribution >= 4 is 52.4 Å². The van der Waals surface area contributed by atoms with Gasteiger partial charge in [-0.3, -0.25) is 9.59 Å². The van der Waals surface area contributed by atoms with Gasteiger partial charge in [0.05, 0.1) is 26.2 Å². The van der Waals surface area contributed by atoms with Crippen LogP contribution in [0.4, 0.5) is 30.7 Å². The summed E-state index contributed by atoms with van der Waals surface area (Å²) in [6.45, 7) is 4.19. The molecular weight excluding hydrogens is 624 g/mol. The highest BCUT2D eigenvalue weighted by atomic mass is 35.5. The van der Waals surface area contributed by atoms with Crippen LogP contribution in [0.5, 0.6) is 0 Å². The van der Waals surface area contributed by atoms with Crippen LogP contribution in [-0.2, 0) is 11.0 Å². The van der Waals surface area contributed by atoms with Crippen molar-refractivity contribution in [3.05, 3.63) is 73.7 Å². The van der Waals surface area contributed by atoms with E-state index in [2.05, 4.69) is 10.6 Å². The fourth-order valence-corrected chi connectivity index (χ4v) is 4.58. The fourth-order valence-electron chi connectivity index (χ4n) is 3.96. The minimum Gasteiger partial charge on any atom is -0.354 e. The number of carbonyl (C=O) groups is 2. The summed E-state index contributed by atoms with van der Waals surface area (Å²) in [6.07, 6.45) is -9.12. The molecule has 1 saturated carbocycles. The van der Waals surface area contributed by atoms with Crippen LogP contribution < -0.4 is 10.6 Å². The lowest BCUT2D eigenvalue weighted by Gasteiger charge is -2.20. The van der Waals surface area contributed by atoms with Crippen molar-refractivity contribution in [1.82, 2.24) is 10.6 Å². The van der Waals surface area contributed by atoms with Crippen LogP contribution in [0.1, 0.15) is 66.1 Å². The van der Waals surface area contributed by atoms with Crippen LogP contribution in [0.25, 0.3) is 5.83 Å². The first kappa shape index (κ1) is 33.0. The van der Waals surface area contributed by atoms with E-state index in [1.54, 1.807) is 0 Å². The maximum Gasteiger partial charge on any atom is 0.417 e. The number of hydrogen-bond donors (Lipinski definition) is 2. The van der Waals surface area contributed by atoms with Crippen LogP contribution in [0.15, 0.2) is 36.4 Å². The lowest BCUT2D eigenvalue weighted by Crippen LogP contribution is -2.49. The molecule has 1 unspecified atom stereocenters. The highest BCUT2D eigenvalue weighted by Crippen LogP contribution is 2.43. The Morgan fingerprint density at radius 3 is 2.07 bits per heavy atom. The molecule has 0 radical (unpaired) electrons. The number of benzene rings is 2. The van der Waals surface area contributed by atoms with E-state index in [0.717, 1.165) is 18.2 Å². The zero-order chi connectivity index (χ0) is 30.9. The van der Waals surface area contributed by atoms with Crippen molar-refractivity contribution in [1.29, 1.82) is 0 Å². The summed E-state index contributed by atoms with van der Waals surface area (Å²) >= 11 is 17.4. The highest BCUT2D eigenvalue weighted by Gasteiger charge is 2.51. The Balaban J connectivity index is 1.94. The molecule has 2 amide bonds. The Bertz CT molecular complexity index is 1330. The SMILES string of the molecule is CC(C)CCNC(=O)C1(NC(=O)c2ccc(/C(F)=C/C(c3cc(Cl)c(Cl)c(Cl)c3)C(F)(F)F)cc2C(F)(F)F)CC1. The predicted molar refractivity (Wildman–Crippen MR) is 143 cm³/mol. The number of rotatable bonds is 9. The molecule has 1 atom stereocenters. The summed E-state index contributed by atoms with van der Waals surface area (Å²) in [7, 11) is 0. The molecule has 41 heavy (non-hydrogen) atoms. The van der Waals surface area contributed by atoms with E-state index in [0.29, 0.717) is 19.0 Å². The Morgan fingerprint density at radius 1 is 1.00 bits per heavy atom. The van der Waals surface area contributed by atoms with Gasteiger partial charge in [0.1, 0.15) is 17.3 Å². The molecule has 0 aromatic heterocycles. The van der Waals surface area contributed by atoms with Crippen LogP contribution in [0.2, 0.25) is 15.1 Å². The normalized spacial score (nSPS) is 16.0. The van der Waals surface area contributed by atoms with E-state index in [4.69, 9.17) is 34.8 Å².